The number of fused-ring (bicyclic) bond motifs is 4. The third-order valence-electron chi connectivity index (χ3n) is 10.9. The van der Waals surface area contributed by atoms with E-state index in [1.165, 1.54) is 50.7 Å². The van der Waals surface area contributed by atoms with E-state index in [-0.39, 0.29) is 29.9 Å². The first-order valence-electron chi connectivity index (χ1n) is 16.8. The Morgan fingerprint density at radius 2 is 1.93 bits per heavy atom. The maximum Gasteiger partial charge on any atom is 0.256 e. The van der Waals surface area contributed by atoms with Gasteiger partial charge in [-0.3, -0.25) is 9.59 Å². The van der Waals surface area contributed by atoms with Gasteiger partial charge in [-0.05, 0) is 88.8 Å². The number of anilines is 3. The first-order chi connectivity index (χ1) is 21.3. The van der Waals surface area contributed by atoms with E-state index >= 15 is 0 Å². The van der Waals surface area contributed by atoms with Crippen molar-refractivity contribution in [3.8, 4) is 0 Å². The molecule has 2 aromatic rings. The standard InChI is InChI=1S/C34H46FN7O2/c1-4-40(21(2)3)33(43)27-17-25(35)8-10-29(27)42-14-13-41(32-30(42)18-36-20-37-32)26-11-12-39(19-26)34(44)31-23-7-9-28(38-31)24(16-23)15-22-5-6-22/h8,10,17-18,20-24,26,28,31,38H,4-7,9,11-16,19H2,1-3H3/t23?,24-,26+,28+,31+/m1/s1. The zero-order valence-corrected chi connectivity index (χ0v) is 26.3. The van der Waals surface area contributed by atoms with Crippen molar-refractivity contribution in [1.82, 2.24) is 25.1 Å². The van der Waals surface area contributed by atoms with E-state index in [1.54, 1.807) is 23.5 Å². The molecule has 44 heavy (non-hydrogen) atoms. The topological polar surface area (TPSA) is 84.9 Å². The Hall–Kier alpha value is -3.27. The van der Waals surface area contributed by atoms with Crippen LogP contribution in [0.5, 0.6) is 0 Å². The number of piperidine rings is 2. The van der Waals surface area contributed by atoms with Gasteiger partial charge in [0.2, 0.25) is 5.91 Å². The minimum atomic E-state index is -0.435. The lowest BCUT2D eigenvalue weighted by molar-refractivity contribution is -0.137. The van der Waals surface area contributed by atoms with Gasteiger partial charge >= 0.3 is 0 Å². The Labute approximate surface area is 260 Å². The molecule has 1 unspecified atom stereocenters. The molecule has 1 aromatic heterocycles. The second kappa shape index (κ2) is 11.9. The number of nitrogens with one attached hydrogen (secondary N) is 1. The van der Waals surface area contributed by atoms with Gasteiger partial charge in [-0.15, -0.1) is 0 Å². The van der Waals surface area contributed by atoms with Crippen LogP contribution in [-0.4, -0.2) is 88.5 Å². The molecule has 0 radical (unpaired) electrons. The Morgan fingerprint density at radius 1 is 1.09 bits per heavy atom. The van der Waals surface area contributed by atoms with Gasteiger partial charge in [0.1, 0.15) is 17.8 Å². The van der Waals surface area contributed by atoms with Crippen molar-refractivity contribution < 1.29 is 14.0 Å². The molecule has 10 heteroatoms. The number of carbonyl (C=O) groups is 2. The highest BCUT2D eigenvalue weighted by Gasteiger charge is 2.47. The fourth-order valence-corrected chi connectivity index (χ4v) is 8.48. The number of benzene rings is 1. The van der Waals surface area contributed by atoms with Gasteiger partial charge in [-0.2, -0.15) is 0 Å². The van der Waals surface area contributed by atoms with E-state index < -0.39 is 5.82 Å². The van der Waals surface area contributed by atoms with Crippen molar-refractivity contribution in [2.24, 2.45) is 17.8 Å². The van der Waals surface area contributed by atoms with Gasteiger partial charge < -0.3 is 24.9 Å². The molecule has 5 fully saturated rings. The second-order valence-corrected chi connectivity index (χ2v) is 13.9. The number of halogens is 1. The smallest absolute Gasteiger partial charge is 0.256 e. The third kappa shape index (κ3) is 5.43. The minimum absolute atomic E-state index is 0.00717. The lowest BCUT2D eigenvalue weighted by Crippen LogP contribution is -2.62. The Bertz CT molecular complexity index is 1400. The van der Waals surface area contributed by atoms with Gasteiger partial charge in [0.15, 0.2) is 5.82 Å². The maximum absolute atomic E-state index is 14.5. The second-order valence-electron chi connectivity index (χ2n) is 13.9. The van der Waals surface area contributed by atoms with E-state index in [2.05, 4.69) is 20.1 Å². The zero-order chi connectivity index (χ0) is 30.5. The molecule has 3 saturated heterocycles. The number of nitrogens with zero attached hydrogens (tertiary/aromatic N) is 6. The Kier molecular flexibility index (Phi) is 7.97. The molecule has 0 spiro atoms. The third-order valence-corrected chi connectivity index (χ3v) is 10.9. The maximum atomic E-state index is 14.5. The Morgan fingerprint density at radius 3 is 2.66 bits per heavy atom. The van der Waals surface area contributed by atoms with Crippen molar-refractivity contribution in [2.45, 2.75) is 89.9 Å². The van der Waals surface area contributed by atoms with E-state index in [0.717, 1.165) is 36.3 Å². The van der Waals surface area contributed by atoms with E-state index in [9.17, 15) is 14.0 Å². The van der Waals surface area contributed by atoms with Crippen molar-refractivity contribution in [3.63, 3.8) is 0 Å². The SMILES string of the molecule is CCN(C(=O)c1cc(F)ccc1N1CCN([C@H]2CCN(C(=O)[C@H]3N[C@H]4CCC3C[C@H]4CC3CC3)C2)c2ncncc21)C(C)C. The van der Waals surface area contributed by atoms with Gasteiger partial charge in [-0.1, -0.05) is 12.8 Å². The first kappa shape index (κ1) is 29.4. The van der Waals surface area contributed by atoms with Crippen LogP contribution in [0.1, 0.15) is 76.1 Å². The van der Waals surface area contributed by atoms with Crippen LogP contribution >= 0.6 is 0 Å². The Balaban J connectivity index is 1.08. The molecule has 2 amide bonds. The molecule has 4 aliphatic heterocycles. The average molecular weight is 604 g/mol. The normalized spacial score (nSPS) is 28.0. The minimum Gasteiger partial charge on any atom is -0.348 e. The zero-order valence-electron chi connectivity index (χ0n) is 26.3. The van der Waals surface area contributed by atoms with Crippen LogP contribution in [0.4, 0.5) is 21.6 Å². The molecule has 5 heterocycles. The highest BCUT2D eigenvalue weighted by molar-refractivity contribution is 6.01. The van der Waals surface area contributed by atoms with Crippen LogP contribution < -0.4 is 15.1 Å². The molecule has 1 N–H and O–H groups in total. The summed E-state index contributed by atoms with van der Waals surface area (Å²) in [5, 5.41) is 3.79. The van der Waals surface area contributed by atoms with Crippen LogP contribution in [0.3, 0.4) is 0 Å². The average Bonchev–Trinajstić information content (AvgIpc) is 3.72. The molecular weight excluding hydrogens is 557 g/mol. The molecule has 236 valence electrons. The highest BCUT2D eigenvalue weighted by atomic mass is 19.1. The molecule has 8 rings (SSSR count). The first-order valence-corrected chi connectivity index (χ1v) is 16.8. The van der Waals surface area contributed by atoms with E-state index in [1.807, 2.05) is 25.7 Å². The molecule has 5 atom stereocenters. The number of carbonyl (C=O) groups excluding carboxylic acids is 2. The number of hydrogen-bond acceptors (Lipinski definition) is 7. The van der Waals surface area contributed by atoms with Crippen LogP contribution in [-0.2, 0) is 4.79 Å². The largest absolute Gasteiger partial charge is 0.348 e. The molecular formula is C34H46FN7O2. The number of rotatable bonds is 8. The van der Waals surface area contributed by atoms with Crippen molar-refractivity contribution >= 4 is 29.0 Å². The summed E-state index contributed by atoms with van der Waals surface area (Å²) in [6, 6.07) is 5.05. The van der Waals surface area contributed by atoms with Crippen LogP contribution in [0, 0.1) is 23.6 Å². The summed E-state index contributed by atoms with van der Waals surface area (Å²) >= 11 is 0. The molecule has 2 aliphatic carbocycles. The number of aromatic nitrogens is 2. The molecule has 2 saturated carbocycles. The summed E-state index contributed by atoms with van der Waals surface area (Å²) < 4.78 is 14.5. The summed E-state index contributed by atoms with van der Waals surface area (Å²) in [4.78, 5) is 44.7. The summed E-state index contributed by atoms with van der Waals surface area (Å²) in [7, 11) is 0. The monoisotopic (exact) mass is 603 g/mol. The molecule has 2 bridgehead atoms. The fourth-order valence-electron chi connectivity index (χ4n) is 8.48. The van der Waals surface area contributed by atoms with Crippen molar-refractivity contribution in [3.05, 3.63) is 42.1 Å². The number of amides is 2. The van der Waals surface area contributed by atoms with Crippen molar-refractivity contribution in [2.75, 3.05) is 42.5 Å². The summed E-state index contributed by atoms with van der Waals surface area (Å²) in [6.07, 6.45) is 11.9. The van der Waals surface area contributed by atoms with E-state index in [4.69, 9.17) is 4.98 Å². The quantitative estimate of drug-likeness (QED) is 0.472. The van der Waals surface area contributed by atoms with Gasteiger partial charge in [0, 0.05) is 50.8 Å². The van der Waals surface area contributed by atoms with E-state index in [0.29, 0.717) is 49.4 Å². The van der Waals surface area contributed by atoms with Crippen molar-refractivity contribution in [1.29, 1.82) is 0 Å². The molecule has 1 aromatic carbocycles. The van der Waals surface area contributed by atoms with Gasteiger partial charge in [0.05, 0.1) is 23.5 Å². The highest BCUT2D eigenvalue weighted by Crippen LogP contribution is 2.45. The number of likely N-dealkylation sites (tertiary alicyclic amines) is 1. The summed E-state index contributed by atoms with van der Waals surface area (Å²) in [6.45, 7) is 9.13. The summed E-state index contributed by atoms with van der Waals surface area (Å²) in [5.74, 6) is 2.58. The fraction of sp³-hybridized carbons (Fsp3) is 0.647. The van der Waals surface area contributed by atoms with Crippen LogP contribution in [0.2, 0.25) is 0 Å². The van der Waals surface area contributed by atoms with Crippen LogP contribution in [0.15, 0.2) is 30.7 Å². The predicted octanol–water partition coefficient (Wildman–Crippen LogP) is 4.60. The molecule has 9 nitrogen and oxygen atoms in total. The number of hydrogen-bond donors (Lipinski definition) is 1. The van der Waals surface area contributed by atoms with Gasteiger partial charge in [-0.25, -0.2) is 14.4 Å². The lowest BCUT2D eigenvalue weighted by atomic mass is 9.68. The lowest BCUT2D eigenvalue weighted by Gasteiger charge is -2.48. The summed E-state index contributed by atoms with van der Waals surface area (Å²) in [5.41, 5.74) is 1.80. The van der Waals surface area contributed by atoms with Crippen LogP contribution in [0.25, 0.3) is 0 Å². The molecule has 6 aliphatic rings. The van der Waals surface area contributed by atoms with Gasteiger partial charge in [0.25, 0.3) is 5.91 Å². The predicted molar refractivity (Wildman–Crippen MR) is 168 cm³/mol.